The van der Waals surface area contributed by atoms with Crippen molar-refractivity contribution < 1.29 is 0 Å². The molecule has 0 aromatic heterocycles. The van der Waals surface area contributed by atoms with E-state index in [2.05, 4.69) is 245 Å². The first-order valence-electron chi connectivity index (χ1n) is 22.0. The average molecular weight is 794 g/mol. The number of fused-ring (bicyclic) bond motifs is 10. The number of hydrogen-bond donors (Lipinski definition) is 0. The second-order valence-electron chi connectivity index (χ2n) is 18.4. The molecule has 0 atom stereocenters. The van der Waals surface area contributed by atoms with E-state index in [1.54, 1.807) is 0 Å². The summed E-state index contributed by atoms with van der Waals surface area (Å²) < 4.78 is 0. The molecule has 9 aromatic carbocycles. The van der Waals surface area contributed by atoms with Crippen LogP contribution in [0.4, 0.5) is 17.1 Å². The minimum absolute atomic E-state index is 0.171. The van der Waals surface area contributed by atoms with Gasteiger partial charge < -0.3 is 4.90 Å². The van der Waals surface area contributed by atoms with Gasteiger partial charge in [0.25, 0.3) is 0 Å². The van der Waals surface area contributed by atoms with E-state index in [0.29, 0.717) is 0 Å². The van der Waals surface area contributed by atoms with Crippen LogP contribution in [0.25, 0.3) is 44.5 Å². The second kappa shape index (κ2) is 13.4. The maximum Gasteiger partial charge on any atom is 0.0714 e. The summed E-state index contributed by atoms with van der Waals surface area (Å²) in [5.74, 6) is 0. The van der Waals surface area contributed by atoms with Crippen LogP contribution in [0.15, 0.2) is 212 Å². The number of benzene rings is 9. The van der Waals surface area contributed by atoms with Crippen molar-refractivity contribution in [1.29, 1.82) is 0 Å². The van der Waals surface area contributed by atoms with Gasteiger partial charge in [-0.3, -0.25) is 0 Å². The fourth-order valence-electron chi connectivity index (χ4n) is 11.8. The quantitative estimate of drug-likeness (QED) is 0.162. The minimum Gasteiger partial charge on any atom is -0.310 e. The van der Waals surface area contributed by atoms with Crippen LogP contribution in [0.2, 0.25) is 0 Å². The lowest BCUT2D eigenvalue weighted by atomic mass is 9.67. The Balaban J connectivity index is 1.14. The first kappa shape index (κ1) is 36.6. The molecular formula is C61H47N. The second-order valence-corrected chi connectivity index (χ2v) is 18.4. The van der Waals surface area contributed by atoms with Crippen molar-refractivity contribution in [3.8, 4) is 44.5 Å². The smallest absolute Gasteiger partial charge is 0.0714 e. The van der Waals surface area contributed by atoms with Crippen LogP contribution in [-0.2, 0) is 16.2 Å². The summed E-state index contributed by atoms with van der Waals surface area (Å²) in [5, 5.41) is 0. The van der Waals surface area contributed by atoms with Crippen LogP contribution in [0, 0.1) is 0 Å². The van der Waals surface area contributed by atoms with Gasteiger partial charge in [0.1, 0.15) is 0 Å². The summed E-state index contributed by atoms with van der Waals surface area (Å²) in [6.45, 7) is 9.69. The van der Waals surface area contributed by atoms with E-state index in [1.807, 2.05) is 0 Å². The van der Waals surface area contributed by atoms with E-state index in [0.717, 1.165) is 11.4 Å². The van der Waals surface area contributed by atoms with Crippen LogP contribution in [-0.4, -0.2) is 0 Å². The summed E-state index contributed by atoms with van der Waals surface area (Å²) in [5.41, 5.74) is 23.7. The Kier molecular flexibility index (Phi) is 7.91. The molecule has 0 unspecified atom stereocenters. The zero-order valence-electron chi connectivity index (χ0n) is 35.7. The Morgan fingerprint density at radius 1 is 0.323 bits per heavy atom. The molecule has 1 heteroatoms. The van der Waals surface area contributed by atoms with E-state index < -0.39 is 5.41 Å². The lowest BCUT2D eigenvalue weighted by molar-refractivity contribution is 0.647. The molecule has 1 nitrogen and oxygen atoms in total. The SMILES string of the molecule is CC1(C)c2cccc(N(c3ccc(-c4ccccc4)cc3)c3cccc(C4(c5ccccc5)c5ccccc5-c5ccccc54)c3)c2-c2c1ccc1c2C(C)(C)c2ccccc2-1. The van der Waals surface area contributed by atoms with Crippen LogP contribution >= 0.6 is 0 Å². The monoisotopic (exact) mass is 793 g/mol. The molecule has 0 N–H and O–H groups in total. The highest BCUT2D eigenvalue weighted by atomic mass is 15.1. The largest absolute Gasteiger partial charge is 0.310 e. The van der Waals surface area contributed by atoms with Gasteiger partial charge >= 0.3 is 0 Å². The zero-order chi connectivity index (χ0) is 41.8. The molecular weight excluding hydrogens is 747 g/mol. The highest BCUT2D eigenvalue weighted by Gasteiger charge is 2.48. The van der Waals surface area contributed by atoms with Crippen molar-refractivity contribution in [3.05, 3.63) is 257 Å². The Hall–Kier alpha value is -7.22. The predicted octanol–water partition coefficient (Wildman–Crippen LogP) is 15.8. The van der Waals surface area contributed by atoms with Gasteiger partial charge in [-0.15, -0.1) is 0 Å². The van der Waals surface area contributed by atoms with Crippen LogP contribution in [0.1, 0.15) is 72.2 Å². The molecule has 0 spiro atoms. The lowest BCUT2D eigenvalue weighted by Crippen LogP contribution is -2.28. The Labute approximate surface area is 365 Å². The molecule has 0 saturated carbocycles. The van der Waals surface area contributed by atoms with Crippen molar-refractivity contribution in [1.82, 2.24) is 0 Å². The Morgan fingerprint density at radius 3 is 1.52 bits per heavy atom. The molecule has 296 valence electrons. The Bertz CT molecular complexity index is 3180. The molecule has 12 rings (SSSR count). The summed E-state index contributed by atoms with van der Waals surface area (Å²) >= 11 is 0. The van der Waals surface area contributed by atoms with E-state index in [-0.39, 0.29) is 10.8 Å². The molecule has 3 aliphatic rings. The third-order valence-corrected chi connectivity index (χ3v) is 14.5. The first-order valence-corrected chi connectivity index (χ1v) is 22.0. The van der Waals surface area contributed by atoms with E-state index in [1.165, 1.54) is 94.7 Å². The molecule has 62 heavy (non-hydrogen) atoms. The number of hydrogen-bond acceptors (Lipinski definition) is 1. The number of rotatable bonds is 6. The van der Waals surface area contributed by atoms with Crippen molar-refractivity contribution >= 4 is 17.1 Å². The maximum atomic E-state index is 2.54. The lowest BCUT2D eigenvalue weighted by Gasteiger charge is -2.35. The molecule has 0 fully saturated rings. The van der Waals surface area contributed by atoms with Crippen molar-refractivity contribution in [2.75, 3.05) is 4.90 Å². The predicted molar refractivity (Wildman–Crippen MR) is 259 cm³/mol. The topological polar surface area (TPSA) is 3.24 Å². The molecule has 0 saturated heterocycles. The van der Waals surface area contributed by atoms with Gasteiger partial charge in [-0.1, -0.05) is 210 Å². The molecule has 0 heterocycles. The normalized spacial score (nSPS) is 15.2. The van der Waals surface area contributed by atoms with Gasteiger partial charge in [0.15, 0.2) is 0 Å². The summed E-state index contributed by atoms with van der Waals surface area (Å²) in [4.78, 5) is 2.54. The van der Waals surface area contributed by atoms with Crippen molar-refractivity contribution in [2.24, 2.45) is 0 Å². The van der Waals surface area contributed by atoms with Crippen molar-refractivity contribution in [2.45, 2.75) is 43.9 Å². The highest BCUT2D eigenvalue weighted by molar-refractivity contribution is 6.01. The first-order chi connectivity index (χ1) is 30.3. The van der Waals surface area contributed by atoms with E-state index in [4.69, 9.17) is 0 Å². The fraction of sp³-hybridized carbons (Fsp3) is 0.115. The molecule has 0 bridgehead atoms. The van der Waals surface area contributed by atoms with Gasteiger partial charge in [0, 0.05) is 27.8 Å². The van der Waals surface area contributed by atoms with Crippen molar-refractivity contribution in [3.63, 3.8) is 0 Å². The van der Waals surface area contributed by atoms with Gasteiger partial charge in [-0.05, 0) is 114 Å². The number of nitrogens with zero attached hydrogens (tertiary/aromatic N) is 1. The third-order valence-electron chi connectivity index (χ3n) is 14.5. The van der Waals surface area contributed by atoms with Gasteiger partial charge in [-0.25, -0.2) is 0 Å². The van der Waals surface area contributed by atoms with Crippen LogP contribution in [0.5, 0.6) is 0 Å². The summed E-state index contributed by atoms with van der Waals surface area (Å²) in [7, 11) is 0. The summed E-state index contributed by atoms with van der Waals surface area (Å²) in [6, 6.07) is 79.5. The van der Waals surface area contributed by atoms with Gasteiger partial charge in [0.2, 0.25) is 0 Å². The standard InChI is InChI=1S/C61H47N/c1-59(2)53-31-18-32-55(56(53)57-54(59)38-37-49-48-27-11-14-28-50(48)60(3,4)58(49)57)62(44-35-33-41(34-36-44)40-19-7-5-8-20-40)45-24-17-23-43(39-45)61(42-21-9-6-10-22-42)51-29-15-12-25-46(51)47-26-13-16-30-52(47)61/h5-39H,1-4H3. The molecule has 9 aromatic rings. The minimum atomic E-state index is -0.517. The molecule has 0 aliphatic heterocycles. The molecule has 0 amide bonds. The van der Waals surface area contributed by atoms with Crippen LogP contribution < -0.4 is 4.90 Å². The molecule has 3 aliphatic carbocycles. The van der Waals surface area contributed by atoms with E-state index in [9.17, 15) is 0 Å². The Morgan fingerprint density at radius 2 is 0.839 bits per heavy atom. The molecule has 0 radical (unpaired) electrons. The number of anilines is 3. The fourth-order valence-corrected chi connectivity index (χ4v) is 11.8. The van der Waals surface area contributed by atoms with Crippen LogP contribution in [0.3, 0.4) is 0 Å². The van der Waals surface area contributed by atoms with Gasteiger partial charge in [0.05, 0.1) is 11.1 Å². The van der Waals surface area contributed by atoms with Gasteiger partial charge in [-0.2, -0.15) is 0 Å². The highest BCUT2D eigenvalue weighted by Crippen LogP contribution is 2.62. The maximum absolute atomic E-state index is 2.54. The third kappa shape index (κ3) is 4.97. The average Bonchev–Trinajstić information content (AvgIpc) is 3.85. The summed E-state index contributed by atoms with van der Waals surface area (Å²) in [6.07, 6.45) is 0. The zero-order valence-corrected chi connectivity index (χ0v) is 35.7. The van der Waals surface area contributed by atoms with E-state index >= 15 is 0 Å².